The van der Waals surface area contributed by atoms with Gasteiger partial charge in [0.05, 0.1) is 6.04 Å². The number of carbonyl (C=O) groups excluding carboxylic acids is 5. The van der Waals surface area contributed by atoms with Crippen molar-refractivity contribution in [1.82, 2.24) is 15.5 Å². The largest absolute Gasteiger partial charge is 0.507 e. The molecule has 5 rings (SSSR count). The molecule has 10 nitrogen and oxygen atoms in total. The van der Waals surface area contributed by atoms with Crippen molar-refractivity contribution in [1.29, 1.82) is 0 Å². The minimum absolute atomic E-state index is 0.0105. The Kier molecular flexibility index (Phi) is 12.5. The summed E-state index contributed by atoms with van der Waals surface area (Å²) in [6, 6.07) is 22.8. The normalized spacial score (nSPS) is 17.3. The van der Waals surface area contributed by atoms with Crippen molar-refractivity contribution >= 4 is 29.3 Å². The van der Waals surface area contributed by atoms with Crippen molar-refractivity contribution in [3.63, 3.8) is 0 Å². The first kappa shape index (κ1) is 38.5. The SMILES string of the molecule is CCCCc1ccc(-c2ccc(C(=O)NCCC(=O)N(C)[C@@H]3C(=O)C[C@@H](C)C(=O)N[C@H](C(C)=O)Cc4ccc(O)c(c4)-c4cc3ccc4O)cc2)cc1. The van der Waals surface area contributed by atoms with Crippen LogP contribution in [-0.4, -0.2) is 64.0 Å². The number of unbranched alkanes of at least 4 members (excludes halogenated alkanes) is 1. The predicted octanol–water partition coefficient (Wildman–Crippen LogP) is 6.32. The van der Waals surface area contributed by atoms with Crippen LogP contribution in [0.1, 0.15) is 79.5 Å². The Morgan fingerprint density at radius 2 is 1.47 bits per heavy atom. The number of nitrogens with zero attached hydrogens (tertiary/aromatic N) is 1. The van der Waals surface area contributed by atoms with Crippen LogP contribution in [-0.2, 0) is 32.0 Å². The molecule has 0 aromatic heterocycles. The van der Waals surface area contributed by atoms with E-state index in [2.05, 4.69) is 41.8 Å². The van der Waals surface area contributed by atoms with Crippen molar-refractivity contribution < 1.29 is 34.2 Å². The van der Waals surface area contributed by atoms with Gasteiger partial charge in [0.25, 0.3) is 5.91 Å². The standard InChI is InChI=1S/C43H47N3O7/c1-5-6-7-28-8-11-30(12-9-28)31-13-15-32(16-14-31)43(53)44-21-20-40(51)46(4)41-33-17-19-38(49)35(25-33)34-23-29(10-18-37(34)48)24-36(27(3)47)45-42(52)26(2)22-39(41)50/h8-19,23,25-26,36,41,48-49H,5-7,20-22,24H2,1-4H3,(H,44,53)(H,45,52)/t26-,36+,41+/m1/s1. The third-order valence-corrected chi connectivity index (χ3v) is 9.85. The Morgan fingerprint density at radius 3 is 2.11 bits per heavy atom. The van der Waals surface area contributed by atoms with Crippen molar-refractivity contribution in [3.8, 4) is 33.8 Å². The molecule has 0 radical (unpaired) electrons. The molecule has 1 aliphatic heterocycles. The van der Waals surface area contributed by atoms with E-state index in [1.807, 2.05) is 12.1 Å². The minimum Gasteiger partial charge on any atom is -0.507 e. The molecule has 0 unspecified atom stereocenters. The molecule has 0 fully saturated rings. The first-order valence-electron chi connectivity index (χ1n) is 18.1. The number of ketones is 2. The van der Waals surface area contributed by atoms with Crippen molar-refractivity contribution in [3.05, 3.63) is 107 Å². The van der Waals surface area contributed by atoms with Gasteiger partial charge in [-0.05, 0) is 90.4 Å². The summed E-state index contributed by atoms with van der Waals surface area (Å²) in [4.78, 5) is 67.5. The van der Waals surface area contributed by atoms with Gasteiger partial charge in [0.15, 0.2) is 11.6 Å². The van der Waals surface area contributed by atoms with E-state index in [-0.39, 0.29) is 60.1 Å². The quantitative estimate of drug-likeness (QED) is 0.150. The molecule has 276 valence electrons. The number of benzene rings is 4. The summed E-state index contributed by atoms with van der Waals surface area (Å²) in [5.41, 5.74) is 5.28. The fraction of sp³-hybridized carbons (Fsp3) is 0.326. The molecule has 4 N–H and O–H groups in total. The summed E-state index contributed by atoms with van der Waals surface area (Å²) in [7, 11) is 1.48. The van der Waals surface area contributed by atoms with Gasteiger partial charge in [0, 0.05) is 49.0 Å². The van der Waals surface area contributed by atoms with E-state index in [1.165, 1.54) is 42.6 Å². The number of Topliss-reactive ketones (excluding diaryl/α,β-unsaturated/α-hetero) is 2. The fourth-order valence-corrected chi connectivity index (χ4v) is 6.61. The Morgan fingerprint density at radius 1 is 0.849 bits per heavy atom. The lowest BCUT2D eigenvalue weighted by Gasteiger charge is -2.29. The zero-order chi connectivity index (χ0) is 38.2. The number of nitrogens with one attached hydrogen (secondary N) is 2. The lowest BCUT2D eigenvalue weighted by atomic mass is 9.89. The van der Waals surface area contributed by atoms with Gasteiger partial charge in [-0.25, -0.2) is 0 Å². The second kappa shape index (κ2) is 17.2. The fourth-order valence-electron chi connectivity index (χ4n) is 6.61. The van der Waals surface area contributed by atoms with Gasteiger partial charge in [0.1, 0.15) is 17.5 Å². The highest BCUT2D eigenvalue weighted by Crippen LogP contribution is 2.39. The van der Waals surface area contributed by atoms with Crippen LogP contribution in [0.25, 0.3) is 22.3 Å². The van der Waals surface area contributed by atoms with Gasteiger partial charge in [-0.2, -0.15) is 0 Å². The molecular weight excluding hydrogens is 670 g/mol. The van der Waals surface area contributed by atoms with Gasteiger partial charge in [0.2, 0.25) is 11.8 Å². The molecule has 3 atom stereocenters. The van der Waals surface area contributed by atoms with E-state index in [9.17, 15) is 34.2 Å². The average molecular weight is 718 g/mol. The van der Waals surface area contributed by atoms with E-state index >= 15 is 0 Å². The van der Waals surface area contributed by atoms with Gasteiger partial charge < -0.3 is 25.7 Å². The number of likely N-dealkylation sites (N-methyl/N-ethyl adjacent to an activating group) is 1. The number of amides is 3. The Labute approximate surface area is 310 Å². The van der Waals surface area contributed by atoms with Crippen LogP contribution in [0.3, 0.4) is 0 Å². The maximum atomic E-state index is 14.0. The molecule has 0 saturated heterocycles. The molecule has 0 spiro atoms. The predicted molar refractivity (Wildman–Crippen MR) is 203 cm³/mol. The molecule has 0 saturated carbocycles. The molecule has 0 aliphatic carbocycles. The molecule has 10 heteroatoms. The number of rotatable bonds is 10. The van der Waals surface area contributed by atoms with E-state index in [0.717, 1.165) is 30.4 Å². The second-order valence-electron chi connectivity index (χ2n) is 13.9. The number of fused-ring (bicyclic) bond motifs is 5. The highest BCUT2D eigenvalue weighted by atomic mass is 16.3. The maximum absolute atomic E-state index is 14.0. The molecule has 4 bridgehead atoms. The number of aryl methyl sites for hydroxylation is 1. The highest BCUT2D eigenvalue weighted by molar-refractivity contribution is 5.96. The first-order chi connectivity index (χ1) is 25.4. The van der Waals surface area contributed by atoms with Gasteiger partial charge in [-0.3, -0.25) is 24.0 Å². The number of aromatic hydroxyl groups is 2. The molecule has 4 aromatic carbocycles. The number of carbonyl (C=O) groups is 5. The zero-order valence-electron chi connectivity index (χ0n) is 30.6. The van der Waals surface area contributed by atoms with Crippen LogP contribution >= 0.6 is 0 Å². The van der Waals surface area contributed by atoms with Crippen LogP contribution < -0.4 is 10.6 Å². The molecule has 4 aromatic rings. The summed E-state index contributed by atoms with van der Waals surface area (Å²) in [5, 5.41) is 27.2. The molecule has 3 amide bonds. The Balaban J connectivity index is 1.32. The van der Waals surface area contributed by atoms with E-state index in [0.29, 0.717) is 16.7 Å². The third-order valence-electron chi connectivity index (χ3n) is 9.85. The van der Waals surface area contributed by atoms with Gasteiger partial charge in [-0.1, -0.05) is 68.8 Å². The van der Waals surface area contributed by atoms with E-state index in [4.69, 9.17) is 0 Å². The molecule has 1 heterocycles. The third kappa shape index (κ3) is 9.37. The summed E-state index contributed by atoms with van der Waals surface area (Å²) in [5.74, 6) is -3.09. The number of hydrogen-bond acceptors (Lipinski definition) is 7. The molecule has 1 aliphatic rings. The lowest BCUT2D eigenvalue weighted by Crippen LogP contribution is -2.44. The summed E-state index contributed by atoms with van der Waals surface area (Å²) in [6.07, 6.45) is 3.13. The molecule has 53 heavy (non-hydrogen) atoms. The maximum Gasteiger partial charge on any atom is 0.251 e. The number of phenols is 2. The minimum atomic E-state index is -1.15. The summed E-state index contributed by atoms with van der Waals surface area (Å²) < 4.78 is 0. The topological polar surface area (TPSA) is 153 Å². The second-order valence-corrected chi connectivity index (χ2v) is 13.9. The zero-order valence-corrected chi connectivity index (χ0v) is 30.6. The van der Waals surface area contributed by atoms with Crippen LogP contribution in [0.5, 0.6) is 11.5 Å². The van der Waals surface area contributed by atoms with Gasteiger partial charge in [-0.15, -0.1) is 0 Å². The Hall–Kier alpha value is -5.77. The molecular formula is C43H47N3O7. The van der Waals surface area contributed by atoms with Crippen molar-refractivity contribution in [2.45, 2.75) is 71.4 Å². The summed E-state index contributed by atoms with van der Waals surface area (Å²) in [6.45, 7) is 5.13. The van der Waals surface area contributed by atoms with Crippen LogP contribution in [0.2, 0.25) is 0 Å². The smallest absolute Gasteiger partial charge is 0.251 e. The van der Waals surface area contributed by atoms with Crippen LogP contribution in [0.4, 0.5) is 0 Å². The van der Waals surface area contributed by atoms with E-state index in [1.54, 1.807) is 37.3 Å². The summed E-state index contributed by atoms with van der Waals surface area (Å²) >= 11 is 0. The van der Waals surface area contributed by atoms with Gasteiger partial charge >= 0.3 is 0 Å². The Bertz CT molecular complexity index is 1990. The van der Waals surface area contributed by atoms with Crippen molar-refractivity contribution in [2.75, 3.05) is 13.6 Å². The van der Waals surface area contributed by atoms with Crippen LogP contribution in [0.15, 0.2) is 84.9 Å². The average Bonchev–Trinajstić information content (AvgIpc) is 3.14. The number of phenolic OH excluding ortho intramolecular Hbond substituents is 2. The lowest BCUT2D eigenvalue weighted by molar-refractivity contribution is -0.139. The monoisotopic (exact) mass is 717 g/mol. The number of hydrogen-bond donors (Lipinski definition) is 4. The first-order valence-corrected chi connectivity index (χ1v) is 18.1. The van der Waals surface area contributed by atoms with E-state index < -0.39 is 35.6 Å². The van der Waals surface area contributed by atoms with Crippen LogP contribution in [0, 0.1) is 5.92 Å². The van der Waals surface area contributed by atoms with Crippen molar-refractivity contribution in [2.24, 2.45) is 5.92 Å². The highest BCUT2D eigenvalue weighted by Gasteiger charge is 2.33.